The third kappa shape index (κ3) is 3.90. The van der Waals surface area contributed by atoms with E-state index >= 15 is 0 Å². The minimum atomic E-state index is -0.476. The summed E-state index contributed by atoms with van der Waals surface area (Å²) in [6.07, 6.45) is 4.29. The van der Waals surface area contributed by atoms with E-state index < -0.39 is 11.7 Å². The zero-order chi connectivity index (χ0) is 15.5. The lowest BCUT2D eigenvalue weighted by Gasteiger charge is -2.19. The van der Waals surface area contributed by atoms with Crippen molar-refractivity contribution in [1.82, 2.24) is 9.72 Å². The maximum atomic E-state index is 11.6. The fraction of sp³-hybridized carbons (Fsp3) is 0.438. The summed E-state index contributed by atoms with van der Waals surface area (Å²) in [5.41, 5.74) is 1.69. The Hall–Kier alpha value is -2.17. The first-order chi connectivity index (χ1) is 9.90. The van der Waals surface area contributed by atoms with Gasteiger partial charge in [-0.05, 0) is 51.0 Å². The van der Waals surface area contributed by atoms with Crippen molar-refractivity contribution in [2.75, 3.05) is 13.7 Å². The topological polar surface area (TPSA) is 52.0 Å². The molecule has 0 saturated heterocycles. The molecule has 5 heteroatoms. The number of methoxy groups -OCH3 is 1. The number of nitrogens with zero attached hydrogens (tertiary/aromatic N) is 1. The van der Waals surface area contributed by atoms with Gasteiger partial charge in [0, 0.05) is 18.9 Å². The van der Waals surface area contributed by atoms with Crippen LogP contribution in [0.1, 0.15) is 26.3 Å². The van der Waals surface area contributed by atoms with E-state index in [1.165, 1.54) is 0 Å². The lowest BCUT2D eigenvalue weighted by molar-refractivity contribution is 0.0528. The van der Waals surface area contributed by atoms with Gasteiger partial charge in [0.05, 0.1) is 12.6 Å². The first-order valence-corrected chi connectivity index (χ1v) is 7.00. The Balaban J connectivity index is 2.00. The molecular weight excluding hydrogens is 268 g/mol. The van der Waals surface area contributed by atoms with Gasteiger partial charge in [0.1, 0.15) is 11.4 Å². The van der Waals surface area contributed by atoms with Crippen molar-refractivity contribution < 1.29 is 14.3 Å². The summed E-state index contributed by atoms with van der Waals surface area (Å²) in [5, 5.41) is 2.77. The Labute approximate surface area is 124 Å². The normalized spacial score (nSPS) is 11.4. The van der Waals surface area contributed by atoms with Crippen LogP contribution >= 0.6 is 0 Å². The molecular formula is C16H22N2O3. The lowest BCUT2D eigenvalue weighted by Crippen LogP contribution is -2.33. The van der Waals surface area contributed by atoms with Gasteiger partial charge in [0.15, 0.2) is 0 Å². The SMILES string of the molecule is COc1cccn2ccc(CCNC(=O)OC(C)(C)C)c12. The van der Waals surface area contributed by atoms with Gasteiger partial charge in [-0.2, -0.15) is 0 Å². The van der Waals surface area contributed by atoms with E-state index in [1.54, 1.807) is 7.11 Å². The number of nitrogens with one attached hydrogen (secondary N) is 1. The second-order valence-electron chi connectivity index (χ2n) is 5.85. The third-order valence-corrected chi connectivity index (χ3v) is 3.01. The molecule has 0 aromatic carbocycles. The largest absolute Gasteiger partial charge is 0.495 e. The number of ether oxygens (including phenoxy) is 2. The van der Waals surface area contributed by atoms with Gasteiger partial charge in [0.2, 0.25) is 0 Å². The summed E-state index contributed by atoms with van der Waals surface area (Å²) in [6, 6.07) is 5.91. The molecule has 2 aromatic rings. The number of aromatic nitrogens is 1. The van der Waals surface area contributed by atoms with Crippen molar-refractivity contribution in [3.63, 3.8) is 0 Å². The molecule has 0 atom stereocenters. The Morgan fingerprint density at radius 3 is 2.71 bits per heavy atom. The maximum absolute atomic E-state index is 11.6. The van der Waals surface area contributed by atoms with Crippen LogP contribution in [0.25, 0.3) is 5.52 Å². The molecule has 2 rings (SSSR count). The van der Waals surface area contributed by atoms with Crippen molar-refractivity contribution in [3.05, 3.63) is 36.2 Å². The summed E-state index contributed by atoms with van der Waals surface area (Å²) in [6.45, 7) is 6.06. The molecule has 0 bridgehead atoms. The number of carbonyl (C=O) groups excluding carboxylic acids is 1. The van der Waals surface area contributed by atoms with Crippen LogP contribution in [-0.4, -0.2) is 29.7 Å². The van der Waals surface area contributed by atoms with Gasteiger partial charge in [-0.3, -0.25) is 0 Å². The summed E-state index contributed by atoms with van der Waals surface area (Å²) in [4.78, 5) is 11.6. The standard InChI is InChI=1S/C16H22N2O3/c1-16(2,3)21-15(19)17-9-7-12-8-11-18-10-5-6-13(20-4)14(12)18/h5-6,8,10-11H,7,9H2,1-4H3,(H,17,19). The van der Waals surface area contributed by atoms with Gasteiger partial charge >= 0.3 is 6.09 Å². The van der Waals surface area contributed by atoms with Gasteiger partial charge in [-0.1, -0.05) is 0 Å². The van der Waals surface area contributed by atoms with Gasteiger partial charge < -0.3 is 19.2 Å². The molecule has 0 unspecified atom stereocenters. The number of rotatable bonds is 4. The molecule has 21 heavy (non-hydrogen) atoms. The number of hydrogen-bond acceptors (Lipinski definition) is 3. The third-order valence-electron chi connectivity index (χ3n) is 3.01. The number of amides is 1. The number of fused-ring (bicyclic) bond motifs is 1. The maximum Gasteiger partial charge on any atom is 0.407 e. The molecule has 0 fully saturated rings. The quantitative estimate of drug-likeness (QED) is 0.941. The summed E-state index contributed by atoms with van der Waals surface area (Å²) in [7, 11) is 1.66. The van der Waals surface area contributed by atoms with E-state index in [0.29, 0.717) is 6.54 Å². The minimum absolute atomic E-state index is 0.391. The van der Waals surface area contributed by atoms with Gasteiger partial charge in [-0.15, -0.1) is 0 Å². The van der Waals surface area contributed by atoms with Crippen LogP contribution < -0.4 is 10.1 Å². The zero-order valence-electron chi connectivity index (χ0n) is 13.0. The monoisotopic (exact) mass is 290 g/mol. The Kier molecular flexibility index (Phi) is 4.40. The van der Waals surface area contributed by atoms with Crippen LogP contribution in [0.5, 0.6) is 5.75 Å². The minimum Gasteiger partial charge on any atom is -0.495 e. The van der Waals surface area contributed by atoms with Gasteiger partial charge in [0.25, 0.3) is 0 Å². The number of carbonyl (C=O) groups is 1. The average Bonchev–Trinajstić information content (AvgIpc) is 2.80. The predicted molar refractivity (Wildman–Crippen MR) is 81.9 cm³/mol. The molecule has 0 saturated carbocycles. The molecule has 0 aliphatic carbocycles. The highest BCUT2D eigenvalue weighted by atomic mass is 16.6. The van der Waals surface area contributed by atoms with Crippen molar-refractivity contribution >= 4 is 11.6 Å². The summed E-state index contributed by atoms with van der Waals surface area (Å²) in [5.74, 6) is 0.828. The smallest absolute Gasteiger partial charge is 0.407 e. The van der Waals surface area contributed by atoms with Crippen molar-refractivity contribution in [3.8, 4) is 5.75 Å². The van der Waals surface area contributed by atoms with E-state index in [1.807, 2.05) is 55.8 Å². The second kappa shape index (κ2) is 6.08. The molecule has 2 aromatic heterocycles. The van der Waals surface area contributed by atoms with Crippen molar-refractivity contribution in [1.29, 1.82) is 0 Å². The zero-order valence-corrected chi connectivity index (χ0v) is 13.0. The van der Waals surface area contributed by atoms with Gasteiger partial charge in [-0.25, -0.2) is 4.79 Å². The van der Waals surface area contributed by atoms with E-state index in [9.17, 15) is 4.79 Å². The Morgan fingerprint density at radius 2 is 2.05 bits per heavy atom. The molecule has 2 heterocycles. The highest BCUT2D eigenvalue weighted by molar-refractivity contribution is 5.68. The van der Waals surface area contributed by atoms with Crippen LogP contribution in [0.2, 0.25) is 0 Å². The molecule has 1 N–H and O–H groups in total. The number of alkyl carbamates (subject to hydrolysis) is 1. The van der Waals surface area contributed by atoms with E-state index in [2.05, 4.69) is 5.32 Å². The van der Waals surface area contributed by atoms with Crippen LogP contribution in [0, 0.1) is 0 Å². The predicted octanol–water partition coefficient (Wildman–Crippen LogP) is 3.02. The fourth-order valence-electron chi connectivity index (χ4n) is 2.18. The van der Waals surface area contributed by atoms with Crippen LogP contribution in [0.4, 0.5) is 4.79 Å². The average molecular weight is 290 g/mol. The van der Waals surface area contributed by atoms with E-state index in [4.69, 9.17) is 9.47 Å². The first kappa shape index (κ1) is 15.2. The molecule has 1 amide bonds. The number of hydrogen-bond donors (Lipinski definition) is 1. The molecule has 0 spiro atoms. The number of pyridine rings is 1. The van der Waals surface area contributed by atoms with Crippen LogP contribution in [0.3, 0.4) is 0 Å². The molecule has 0 radical (unpaired) electrons. The van der Waals surface area contributed by atoms with E-state index in [0.717, 1.165) is 23.3 Å². The molecule has 114 valence electrons. The molecule has 0 aliphatic heterocycles. The van der Waals surface area contributed by atoms with E-state index in [-0.39, 0.29) is 0 Å². The first-order valence-electron chi connectivity index (χ1n) is 7.00. The summed E-state index contributed by atoms with van der Waals surface area (Å²) >= 11 is 0. The van der Waals surface area contributed by atoms with Crippen LogP contribution in [0.15, 0.2) is 30.6 Å². The summed E-state index contributed by atoms with van der Waals surface area (Å²) < 4.78 is 12.6. The Bertz CT molecular complexity index is 626. The fourth-order valence-corrected chi connectivity index (χ4v) is 2.18. The second-order valence-corrected chi connectivity index (χ2v) is 5.85. The highest BCUT2D eigenvalue weighted by Crippen LogP contribution is 2.24. The van der Waals surface area contributed by atoms with Crippen molar-refractivity contribution in [2.45, 2.75) is 32.8 Å². The molecule has 0 aliphatic rings. The molecule has 5 nitrogen and oxygen atoms in total. The lowest BCUT2D eigenvalue weighted by atomic mass is 10.2. The highest BCUT2D eigenvalue weighted by Gasteiger charge is 2.16. The Morgan fingerprint density at radius 1 is 1.29 bits per heavy atom. The van der Waals surface area contributed by atoms with Crippen molar-refractivity contribution in [2.24, 2.45) is 0 Å². The van der Waals surface area contributed by atoms with Crippen LogP contribution in [-0.2, 0) is 11.2 Å².